The van der Waals surface area contributed by atoms with Crippen LogP contribution in [-0.4, -0.2) is 53.9 Å². The van der Waals surface area contributed by atoms with E-state index in [2.05, 4.69) is 69.8 Å². The number of hydrogen-bond acceptors (Lipinski definition) is 3. The Hall–Kier alpha value is -3.12. The molecule has 1 saturated heterocycles. The van der Waals surface area contributed by atoms with Crippen molar-refractivity contribution in [1.82, 2.24) is 20.0 Å². The maximum absolute atomic E-state index is 6.05. The molecule has 1 aliphatic heterocycles. The van der Waals surface area contributed by atoms with E-state index in [1.165, 1.54) is 16.7 Å². The van der Waals surface area contributed by atoms with E-state index in [1.807, 2.05) is 36.1 Å². The molecule has 1 atom stereocenters. The number of ether oxygens (including phenoxy) is 1. The second-order valence-corrected chi connectivity index (χ2v) is 7.51. The van der Waals surface area contributed by atoms with Gasteiger partial charge in [0.05, 0.1) is 25.0 Å². The lowest BCUT2D eigenvalue weighted by Gasteiger charge is -2.35. The van der Waals surface area contributed by atoms with Gasteiger partial charge >= 0.3 is 0 Å². The normalized spacial score (nSPS) is 17.2. The predicted octanol–water partition coefficient (Wildman–Crippen LogP) is 3.37. The zero-order chi connectivity index (χ0) is 20.8. The topological polar surface area (TPSA) is 54.7 Å². The number of hydrogen-bond donors (Lipinski definition) is 1. The average Bonchev–Trinajstić information content (AvgIpc) is 3.27. The lowest BCUT2D eigenvalue weighted by molar-refractivity contribution is -0.00829. The van der Waals surface area contributed by atoms with Gasteiger partial charge in [0.2, 0.25) is 0 Å². The summed E-state index contributed by atoms with van der Waals surface area (Å²) < 4.78 is 7.97. The zero-order valence-corrected chi connectivity index (χ0v) is 17.7. The fourth-order valence-electron chi connectivity index (χ4n) is 3.84. The van der Waals surface area contributed by atoms with Gasteiger partial charge in [-0.05, 0) is 42.2 Å². The van der Waals surface area contributed by atoms with Crippen molar-refractivity contribution in [2.45, 2.75) is 19.4 Å². The molecule has 0 spiro atoms. The van der Waals surface area contributed by atoms with E-state index in [1.54, 1.807) is 0 Å². The number of aliphatic imine (C=N–C) groups is 1. The van der Waals surface area contributed by atoms with Gasteiger partial charge in [-0.25, -0.2) is 4.68 Å². The molecule has 2 heterocycles. The minimum atomic E-state index is 0.0719. The third kappa shape index (κ3) is 4.71. The Kier molecular flexibility index (Phi) is 6.44. The first-order valence-electron chi connectivity index (χ1n) is 10.5. The SMILES string of the molecule is CN=C(NCCc1cnn(-c2ccccc2)c1)N1CCOC(c2ccccc2C)C1. The third-order valence-corrected chi connectivity index (χ3v) is 5.47. The van der Waals surface area contributed by atoms with Crippen molar-refractivity contribution >= 4 is 5.96 Å². The van der Waals surface area contributed by atoms with E-state index >= 15 is 0 Å². The second kappa shape index (κ2) is 9.59. The summed E-state index contributed by atoms with van der Waals surface area (Å²) >= 11 is 0. The lowest BCUT2D eigenvalue weighted by Crippen LogP contribution is -2.48. The fourth-order valence-corrected chi connectivity index (χ4v) is 3.84. The van der Waals surface area contributed by atoms with Crippen LogP contribution < -0.4 is 5.32 Å². The van der Waals surface area contributed by atoms with Crippen LogP contribution in [0.15, 0.2) is 72.0 Å². The number of benzene rings is 2. The first-order chi connectivity index (χ1) is 14.7. The maximum Gasteiger partial charge on any atom is 0.193 e. The molecule has 1 aromatic heterocycles. The van der Waals surface area contributed by atoms with Gasteiger partial charge in [0, 0.05) is 26.3 Å². The Bertz CT molecular complexity index is 982. The van der Waals surface area contributed by atoms with Gasteiger partial charge in [0.1, 0.15) is 6.10 Å². The summed E-state index contributed by atoms with van der Waals surface area (Å²) in [5.41, 5.74) is 4.79. The van der Waals surface area contributed by atoms with Gasteiger partial charge in [0.15, 0.2) is 5.96 Å². The Balaban J connectivity index is 1.33. The first kappa shape index (κ1) is 20.2. The van der Waals surface area contributed by atoms with Crippen molar-refractivity contribution in [3.63, 3.8) is 0 Å². The van der Waals surface area contributed by atoms with Crippen LogP contribution in [0.25, 0.3) is 5.69 Å². The summed E-state index contributed by atoms with van der Waals surface area (Å²) in [5, 5.41) is 7.98. The quantitative estimate of drug-likeness (QED) is 0.524. The number of aryl methyl sites for hydroxylation is 1. The van der Waals surface area contributed by atoms with Gasteiger partial charge in [0.25, 0.3) is 0 Å². The number of guanidine groups is 1. The Labute approximate surface area is 178 Å². The predicted molar refractivity (Wildman–Crippen MR) is 120 cm³/mol. The van der Waals surface area contributed by atoms with E-state index in [9.17, 15) is 0 Å². The van der Waals surface area contributed by atoms with Crippen LogP contribution in [0.1, 0.15) is 22.8 Å². The molecule has 156 valence electrons. The standard InChI is InChI=1S/C24H29N5O/c1-19-8-6-7-11-22(19)23-18-28(14-15-30-23)24(25-2)26-13-12-20-16-27-29(17-20)21-9-4-3-5-10-21/h3-11,16-17,23H,12-15,18H2,1-2H3,(H,25,26). The van der Waals surface area contributed by atoms with Crippen LogP contribution in [0.5, 0.6) is 0 Å². The monoisotopic (exact) mass is 403 g/mol. The molecule has 1 fully saturated rings. The molecule has 0 amide bonds. The summed E-state index contributed by atoms with van der Waals surface area (Å²) in [6, 6.07) is 18.6. The number of para-hydroxylation sites is 1. The van der Waals surface area contributed by atoms with Crippen molar-refractivity contribution in [3.8, 4) is 5.69 Å². The molecule has 2 aromatic carbocycles. The Morgan fingerprint density at radius 3 is 2.77 bits per heavy atom. The van der Waals surface area contributed by atoms with Gasteiger partial charge in [-0.2, -0.15) is 5.10 Å². The molecule has 0 bridgehead atoms. The molecule has 0 aliphatic carbocycles. The number of aromatic nitrogens is 2. The van der Waals surface area contributed by atoms with Crippen LogP contribution in [0.3, 0.4) is 0 Å². The molecular formula is C24H29N5O. The summed E-state index contributed by atoms with van der Waals surface area (Å²) in [7, 11) is 1.84. The van der Waals surface area contributed by atoms with Crippen molar-refractivity contribution in [3.05, 3.63) is 83.7 Å². The van der Waals surface area contributed by atoms with Crippen LogP contribution in [-0.2, 0) is 11.2 Å². The fraction of sp³-hybridized carbons (Fsp3) is 0.333. The first-order valence-corrected chi connectivity index (χ1v) is 10.5. The van der Waals surface area contributed by atoms with Crippen molar-refractivity contribution in [1.29, 1.82) is 0 Å². The Morgan fingerprint density at radius 2 is 1.97 bits per heavy atom. The number of rotatable bonds is 5. The lowest BCUT2D eigenvalue weighted by atomic mass is 10.0. The molecule has 6 nitrogen and oxygen atoms in total. The molecule has 1 N–H and O–H groups in total. The highest BCUT2D eigenvalue weighted by Gasteiger charge is 2.25. The van der Waals surface area contributed by atoms with E-state index < -0.39 is 0 Å². The highest BCUT2D eigenvalue weighted by molar-refractivity contribution is 5.80. The van der Waals surface area contributed by atoms with E-state index in [0.29, 0.717) is 6.61 Å². The molecule has 3 aromatic rings. The van der Waals surface area contributed by atoms with Crippen LogP contribution in [0.4, 0.5) is 0 Å². The molecule has 0 radical (unpaired) electrons. The molecule has 30 heavy (non-hydrogen) atoms. The van der Waals surface area contributed by atoms with Crippen molar-refractivity contribution in [2.24, 2.45) is 4.99 Å². The van der Waals surface area contributed by atoms with E-state index in [4.69, 9.17) is 4.74 Å². The number of morpholine rings is 1. The number of nitrogens with one attached hydrogen (secondary N) is 1. The Morgan fingerprint density at radius 1 is 1.17 bits per heavy atom. The van der Waals surface area contributed by atoms with Gasteiger partial charge in [-0.3, -0.25) is 4.99 Å². The maximum atomic E-state index is 6.05. The smallest absolute Gasteiger partial charge is 0.193 e. The van der Waals surface area contributed by atoms with E-state index in [-0.39, 0.29) is 6.10 Å². The van der Waals surface area contributed by atoms with Crippen molar-refractivity contribution in [2.75, 3.05) is 33.3 Å². The molecule has 4 rings (SSSR count). The van der Waals surface area contributed by atoms with Crippen LogP contribution in [0, 0.1) is 6.92 Å². The molecule has 1 aliphatic rings. The van der Waals surface area contributed by atoms with Gasteiger partial charge in [-0.1, -0.05) is 42.5 Å². The zero-order valence-electron chi connectivity index (χ0n) is 17.7. The summed E-state index contributed by atoms with van der Waals surface area (Å²) in [4.78, 5) is 6.79. The van der Waals surface area contributed by atoms with Gasteiger partial charge < -0.3 is 15.0 Å². The third-order valence-electron chi connectivity index (χ3n) is 5.47. The van der Waals surface area contributed by atoms with E-state index in [0.717, 1.165) is 37.7 Å². The summed E-state index contributed by atoms with van der Waals surface area (Å²) in [5.74, 6) is 0.923. The average molecular weight is 404 g/mol. The minimum absolute atomic E-state index is 0.0719. The van der Waals surface area contributed by atoms with Crippen LogP contribution in [0.2, 0.25) is 0 Å². The minimum Gasteiger partial charge on any atom is -0.370 e. The molecule has 1 unspecified atom stereocenters. The summed E-state index contributed by atoms with van der Waals surface area (Å²) in [6.07, 6.45) is 4.98. The molecule has 0 saturated carbocycles. The molecular weight excluding hydrogens is 374 g/mol. The second-order valence-electron chi connectivity index (χ2n) is 7.51. The highest BCUT2D eigenvalue weighted by Crippen LogP contribution is 2.24. The summed E-state index contributed by atoms with van der Waals surface area (Å²) in [6.45, 7) is 5.29. The van der Waals surface area contributed by atoms with Crippen molar-refractivity contribution < 1.29 is 4.74 Å². The highest BCUT2D eigenvalue weighted by atomic mass is 16.5. The molecule has 6 heteroatoms. The van der Waals surface area contributed by atoms with Crippen LogP contribution >= 0.6 is 0 Å². The van der Waals surface area contributed by atoms with Gasteiger partial charge in [-0.15, -0.1) is 0 Å². The number of nitrogens with zero attached hydrogens (tertiary/aromatic N) is 4. The largest absolute Gasteiger partial charge is 0.370 e.